The number of H-pyrrole nitrogens is 1. The predicted molar refractivity (Wildman–Crippen MR) is 221 cm³/mol. The molecule has 0 bridgehead atoms. The Balaban J connectivity index is 1.55. The van der Waals surface area contributed by atoms with Gasteiger partial charge < -0.3 is 41.2 Å². The normalized spacial score (nSPS) is 21.8. The lowest BCUT2D eigenvalue weighted by molar-refractivity contribution is -0.135. The molecule has 58 heavy (non-hydrogen) atoms. The van der Waals surface area contributed by atoms with Crippen LogP contribution in [0.5, 0.6) is 5.75 Å². The molecule has 1 fully saturated rings. The maximum Gasteiger partial charge on any atom is 0.266 e. The summed E-state index contributed by atoms with van der Waals surface area (Å²) in [4.78, 5) is 93.5. The minimum atomic E-state index is -1.17. The first-order valence-electron chi connectivity index (χ1n) is 19.5. The number of nitrogens with zero attached hydrogens (tertiary/aromatic N) is 2. The number of hydrogen-bond acceptors (Lipinski definition) is 9. The van der Waals surface area contributed by atoms with Crippen molar-refractivity contribution >= 4 is 57.7 Å². The van der Waals surface area contributed by atoms with Gasteiger partial charge in [0, 0.05) is 42.5 Å². The van der Waals surface area contributed by atoms with Crippen molar-refractivity contribution in [3.63, 3.8) is 0 Å². The number of carbonyl (C=O) groups is 6. The summed E-state index contributed by atoms with van der Waals surface area (Å²) in [7, 11) is 1.54. The molecule has 0 saturated carbocycles. The fourth-order valence-corrected chi connectivity index (χ4v) is 7.58. The first kappa shape index (κ1) is 43.4. The lowest BCUT2D eigenvalue weighted by Gasteiger charge is -2.32. The second-order valence-electron chi connectivity index (χ2n) is 15.5. The van der Waals surface area contributed by atoms with Gasteiger partial charge >= 0.3 is 0 Å². The number of amides is 6. The van der Waals surface area contributed by atoms with Crippen LogP contribution in [0, 0.1) is 18.8 Å². The van der Waals surface area contributed by atoms with Crippen molar-refractivity contribution in [3.8, 4) is 5.75 Å². The Labute approximate surface area is 342 Å². The molecule has 5 atom stereocenters. The Hall–Kier alpha value is -5.77. The molecular formula is C42H54N8O7S. The van der Waals surface area contributed by atoms with Gasteiger partial charge in [0.15, 0.2) is 0 Å². The van der Waals surface area contributed by atoms with Crippen molar-refractivity contribution < 1.29 is 33.5 Å². The summed E-state index contributed by atoms with van der Waals surface area (Å²) in [6, 6.07) is 9.51. The van der Waals surface area contributed by atoms with E-state index in [0.29, 0.717) is 21.9 Å². The van der Waals surface area contributed by atoms with E-state index in [1.807, 2.05) is 52.0 Å². The van der Waals surface area contributed by atoms with Crippen molar-refractivity contribution in [2.24, 2.45) is 11.8 Å². The van der Waals surface area contributed by atoms with Crippen LogP contribution >= 0.6 is 11.3 Å². The smallest absolute Gasteiger partial charge is 0.266 e. The average Bonchev–Trinajstić information content (AvgIpc) is 3.81. The fourth-order valence-electron chi connectivity index (χ4n) is 6.82. The van der Waals surface area contributed by atoms with Crippen LogP contribution in [0.1, 0.15) is 67.5 Å². The topological polar surface area (TPSA) is 204 Å². The molecule has 310 valence electrons. The number of fused-ring (bicyclic) bond motifs is 1. The number of benzene rings is 2. The molecule has 6 amide bonds. The molecule has 6 N–H and O–H groups in total. The Kier molecular flexibility index (Phi) is 14.6. The largest absolute Gasteiger partial charge is 0.497 e. The highest BCUT2D eigenvalue weighted by Crippen LogP contribution is 2.21. The van der Waals surface area contributed by atoms with E-state index in [2.05, 4.69) is 36.6 Å². The Morgan fingerprint density at radius 3 is 2.16 bits per heavy atom. The zero-order valence-electron chi connectivity index (χ0n) is 34.0. The van der Waals surface area contributed by atoms with E-state index in [1.54, 1.807) is 50.0 Å². The van der Waals surface area contributed by atoms with Crippen LogP contribution < -0.4 is 31.3 Å². The summed E-state index contributed by atoms with van der Waals surface area (Å²) < 4.78 is 5.29. The summed E-state index contributed by atoms with van der Waals surface area (Å²) in [6.45, 7) is 10.3. The molecule has 0 aliphatic carbocycles. The molecule has 1 aliphatic heterocycles. The first-order valence-corrected chi connectivity index (χ1v) is 20.4. The SMILES string of the molecule is COc1ccc(C[C@@H]2NC(=O)[C@H](CC(C)C)NC(=O)[C@@H](Cc3c[nH]c4ccccc34)NC(=O)CN(C(=O)c3scnc3C)C[C@H](C(C)C)NC(=O)[C@@H](C)NC2=O)cc1. The van der Waals surface area contributed by atoms with Gasteiger partial charge in [-0.1, -0.05) is 58.0 Å². The number of aromatic amines is 1. The quantitative estimate of drug-likeness (QED) is 0.148. The lowest BCUT2D eigenvalue weighted by Crippen LogP contribution is -2.60. The van der Waals surface area contributed by atoms with Gasteiger partial charge in [-0.15, -0.1) is 11.3 Å². The van der Waals surface area contributed by atoms with Crippen LogP contribution in [0.15, 0.2) is 60.2 Å². The third-order valence-electron chi connectivity index (χ3n) is 10.2. The number of thiazole rings is 1. The average molecular weight is 815 g/mol. The van der Waals surface area contributed by atoms with Crippen LogP contribution in [-0.4, -0.2) is 101 Å². The van der Waals surface area contributed by atoms with E-state index < -0.39 is 72.2 Å². The maximum absolute atomic E-state index is 14.4. The number of carbonyl (C=O) groups excluding carboxylic acids is 6. The van der Waals surface area contributed by atoms with E-state index in [-0.39, 0.29) is 37.6 Å². The molecule has 0 unspecified atom stereocenters. The maximum atomic E-state index is 14.4. The third kappa shape index (κ3) is 11.2. The van der Waals surface area contributed by atoms with Crippen molar-refractivity contribution in [1.82, 2.24) is 41.5 Å². The summed E-state index contributed by atoms with van der Waals surface area (Å²) in [5, 5.41) is 15.2. The first-order chi connectivity index (χ1) is 27.6. The van der Waals surface area contributed by atoms with Crippen molar-refractivity contribution in [3.05, 3.63) is 81.9 Å². The van der Waals surface area contributed by atoms with E-state index in [4.69, 9.17) is 4.74 Å². The number of para-hydroxylation sites is 1. The molecule has 15 nitrogen and oxygen atoms in total. The number of methoxy groups -OCH3 is 1. The van der Waals surface area contributed by atoms with Crippen LogP contribution in [-0.2, 0) is 36.8 Å². The molecule has 5 rings (SSSR count). The van der Waals surface area contributed by atoms with Crippen molar-refractivity contribution in [2.75, 3.05) is 20.2 Å². The minimum absolute atomic E-state index is 0.0560. The summed E-state index contributed by atoms with van der Waals surface area (Å²) in [5.74, 6) is -3.08. The second-order valence-corrected chi connectivity index (χ2v) is 16.4. The number of aromatic nitrogens is 2. The Bertz CT molecular complexity index is 2100. The summed E-state index contributed by atoms with van der Waals surface area (Å²) in [6.07, 6.45) is 2.12. The molecule has 0 radical (unpaired) electrons. The van der Waals surface area contributed by atoms with E-state index in [1.165, 1.54) is 11.8 Å². The van der Waals surface area contributed by atoms with Gasteiger partial charge in [0.2, 0.25) is 29.5 Å². The molecule has 16 heteroatoms. The standard InChI is InChI=1S/C42H54N8O7S/c1-23(2)16-32-40(54)48-33(17-27-12-14-29(57-7)15-13-27)39(53)45-26(6)38(52)49-35(24(3)4)20-50(42(56)37-25(5)44-22-58-37)21-36(51)46-34(41(55)47-32)18-28-19-43-31-11-9-8-10-30(28)31/h8-15,19,22-24,26,32-35,43H,16-18,20-21H2,1-7H3,(H,45,53)(H,46,51)(H,47,55)(H,48,54)(H,49,52)/t26-,32+,33+,34-,35-/m1/s1. The number of nitrogens with one attached hydrogen (secondary N) is 6. The van der Waals surface area contributed by atoms with Gasteiger partial charge in [0.05, 0.1) is 24.9 Å². The molecule has 2 aromatic heterocycles. The van der Waals surface area contributed by atoms with Crippen LogP contribution in [0.25, 0.3) is 10.9 Å². The van der Waals surface area contributed by atoms with E-state index in [0.717, 1.165) is 27.8 Å². The highest BCUT2D eigenvalue weighted by molar-refractivity contribution is 7.11. The third-order valence-corrected chi connectivity index (χ3v) is 11.1. The molecule has 0 spiro atoms. The van der Waals surface area contributed by atoms with Gasteiger partial charge in [-0.25, -0.2) is 4.98 Å². The summed E-state index contributed by atoms with van der Waals surface area (Å²) >= 11 is 1.14. The zero-order chi connectivity index (χ0) is 42.1. The molecule has 1 saturated heterocycles. The van der Waals surface area contributed by atoms with Crippen LogP contribution in [0.3, 0.4) is 0 Å². The van der Waals surface area contributed by atoms with Crippen LogP contribution in [0.4, 0.5) is 0 Å². The minimum Gasteiger partial charge on any atom is -0.497 e. The van der Waals surface area contributed by atoms with Gasteiger partial charge in [0.25, 0.3) is 5.91 Å². The van der Waals surface area contributed by atoms with Gasteiger partial charge in [-0.05, 0) is 61.4 Å². The number of ether oxygens (including phenoxy) is 1. The Morgan fingerprint density at radius 1 is 0.845 bits per heavy atom. The van der Waals surface area contributed by atoms with Gasteiger partial charge in [-0.3, -0.25) is 28.8 Å². The van der Waals surface area contributed by atoms with E-state index in [9.17, 15) is 28.8 Å². The van der Waals surface area contributed by atoms with Crippen molar-refractivity contribution in [2.45, 2.75) is 91.0 Å². The van der Waals surface area contributed by atoms with Crippen molar-refractivity contribution in [1.29, 1.82) is 0 Å². The van der Waals surface area contributed by atoms with E-state index >= 15 is 0 Å². The molecule has 1 aliphatic rings. The second kappa shape index (κ2) is 19.6. The lowest BCUT2D eigenvalue weighted by atomic mass is 9.99. The monoisotopic (exact) mass is 814 g/mol. The van der Waals surface area contributed by atoms with Gasteiger partial charge in [0.1, 0.15) is 34.8 Å². The predicted octanol–water partition coefficient (Wildman–Crippen LogP) is 3.03. The number of hydrogen-bond donors (Lipinski definition) is 6. The zero-order valence-corrected chi connectivity index (χ0v) is 34.8. The van der Waals surface area contributed by atoms with Gasteiger partial charge in [-0.2, -0.15) is 0 Å². The highest BCUT2D eigenvalue weighted by Gasteiger charge is 2.34. The fraction of sp³-hybridized carbons (Fsp3) is 0.452. The summed E-state index contributed by atoms with van der Waals surface area (Å²) in [5.41, 5.74) is 4.35. The highest BCUT2D eigenvalue weighted by atomic mass is 32.1. The number of rotatable bonds is 9. The van der Waals surface area contributed by atoms with Crippen LogP contribution in [0.2, 0.25) is 0 Å². The molecule has 2 aromatic carbocycles. The molecular weight excluding hydrogens is 761 g/mol. The number of aryl methyl sites for hydroxylation is 1. The molecule has 3 heterocycles. The molecule has 4 aromatic rings. The Morgan fingerprint density at radius 2 is 1.50 bits per heavy atom.